The van der Waals surface area contributed by atoms with Crippen LogP contribution in [-0.2, 0) is 4.79 Å². The zero-order valence-corrected chi connectivity index (χ0v) is 8.79. The summed E-state index contributed by atoms with van der Waals surface area (Å²) in [4.78, 5) is 9.97. The van der Waals surface area contributed by atoms with E-state index in [9.17, 15) is 4.79 Å². The third kappa shape index (κ3) is 13.3. The first kappa shape index (κ1) is 15.1. The first-order chi connectivity index (χ1) is 6.25. The van der Waals surface area contributed by atoms with E-state index in [-0.39, 0.29) is 6.42 Å². The van der Waals surface area contributed by atoms with Gasteiger partial charge in [-0.3, -0.25) is 4.79 Å². The summed E-state index contributed by atoms with van der Waals surface area (Å²) in [5, 5.41) is 17.2. The molecule has 3 heteroatoms. The van der Waals surface area contributed by atoms with Crippen molar-refractivity contribution in [2.45, 2.75) is 25.9 Å². The Kier molecular flexibility index (Phi) is 7.67. The summed E-state index contributed by atoms with van der Waals surface area (Å²) in [6.45, 7) is 13.6. The fourth-order valence-corrected chi connectivity index (χ4v) is 0.378. The quantitative estimate of drug-likeness (QED) is 0.537. The Bertz CT molecular complexity index is 227. The lowest BCUT2D eigenvalue weighted by atomic mass is 10.0. The molecule has 0 aliphatic rings. The van der Waals surface area contributed by atoms with Crippen molar-refractivity contribution < 1.29 is 15.0 Å². The molecular weight excluding hydrogens is 180 g/mol. The molecule has 3 nitrogen and oxygen atoms in total. The van der Waals surface area contributed by atoms with E-state index in [4.69, 9.17) is 10.2 Å². The van der Waals surface area contributed by atoms with Gasteiger partial charge in [-0.15, -0.1) is 6.58 Å². The lowest BCUT2D eigenvalue weighted by Gasteiger charge is -2.13. The Morgan fingerprint density at radius 1 is 1.50 bits per heavy atom. The van der Waals surface area contributed by atoms with E-state index < -0.39 is 11.6 Å². The van der Waals surface area contributed by atoms with Gasteiger partial charge in [-0.1, -0.05) is 30.9 Å². The summed E-state index contributed by atoms with van der Waals surface area (Å²) in [5.41, 5.74) is -0.253. The van der Waals surface area contributed by atoms with E-state index in [1.165, 1.54) is 13.0 Å². The maximum Gasteiger partial charge on any atom is 0.306 e. The minimum atomic E-state index is -1.27. The lowest BCUT2D eigenvalue weighted by Crippen LogP contribution is -2.24. The molecule has 0 fully saturated rings. The molecule has 0 radical (unpaired) electrons. The number of carboxylic acids is 1. The van der Waals surface area contributed by atoms with E-state index in [1.807, 2.05) is 6.92 Å². The SMILES string of the molecule is C=CC(=C)C.C=CC(C)(O)CC(=O)O. The highest BCUT2D eigenvalue weighted by molar-refractivity contribution is 5.68. The van der Waals surface area contributed by atoms with E-state index in [0.717, 1.165) is 5.57 Å². The first-order valence-corrected chi connectivity index (χ1v) is 4.11. The second-order valence-corrected chi connectivity index (χ2v) is 3.18. The van der Waals surface area contributed by atoms with Crippen molar-refractivity contribution in [1.29, 1.82) is 0 Å². The molecule has 0 aromatic carbocycles. The number of carboxylic acid groups (broad SMARTS) is 1. The van der Waals surface area contributed by atoms with Crippen LogP contribution in [0.3, 0.4) is 0 Å². The Balaban J connectivity index is 0. The van der Waals surface area contributed by atoms with Gasteiger partial charge in [0.2, 0.25) is 0 Å². The van der Waals surface area contributed by atoms with Crippen LogP contribution in [0.1, 0.15) is 20.3 Å². The smallest absolute Gasteiger partial charge is 0.306 e. The molecule has 0 aromatic rings. The van der Waals surface area contributed by atoms with Gasteiger partial charge in [0.1, 0.15) is 0 Å². The van der Waals surface area contributed by atoms with Crippen molar-refractivity contribution in [3.63, 3.8) is 0 Å². The van der Waals surface area contributed by atoms with Crippen LogP contribution in [0, 0.1) is 0 Å². The number of hydrogen-bond acceptors (Lipinski definition) is 2. The largest absolute Gasteiger partial charge is 0.481 e. The predicted molar refractivity (Wildman–Crippen MR) is 58.1 cm³/mol. The van der Waals surface area contributed by atoms with Crippen LogP contribution < -0.4 is 0 Å². The summed E-state index contributed by atoms with van der Waals surface area (Å²) in [5.74, 6) is -1.03. The van der Waals surface area contributed by atoms with Gasteiger partial charge in [0.25, 0.3) is 0 Å². The van der Waals surface area contributed by atoms with Crippen molar-refractivity contribution in [1.82, 2.24) is 0 Å². The van der Waals surface area contributed by atoms with E-state index in [2.05, 4.69) is 19.7 Å². The van der Waals surface area contributed by atoms with Gasteiger partial charge in [0.05, 0.1) is 12.0 Å². The Morgan fingerprint density at radius 3 is 1.93 bits per heavy atom. The zero-order chi connectivity index (χ0) is 11.8. The molecule has 0 aliphatic carbocycles. The summed E-state index contributed by atoms with van der Waals surface area (Å²) in [6, 6.07) is 0. The summed E-state index contributed by atoms with van der Waals surface area (Å²) >= 11 is 0. The van der Waals surface area contributed by atoms with Gasteiger partial charge in [-0.05, 0) is 13.8 Å². The molecule has 1 unspecified atom stereocenters. The summed E-state index contributed by atoms with van der Waals surface area (Å²) < 4.78 is 0. The van der Waals surface area contributed by atoms with Crippen molar-refractivity contribution >= 4 is 5.97 Å². The summed E-state index contributed by atoms with van der Waals surface area (Å²) in [6.07, 6.45) is 2.64. The van der Waals surface area contributed by atoms with Crippen molar-refractivity contribution in [3.05, 3.63) is 37.5 Å². The van der Waals surface area contributed by atoms with Crippen LogP contribution >= 0.6 is 0 Å². The number of aliphatic carboxylic acids is 1. The fraction of sp³-hybridized carbons (Fsp3) is 0.364. The topological polar surface area (TPSA) is 57.5 Å². The Morgan fingerprint density at radius 2 is 1.86 bits per heavy atom. The molecule has 2 N–H and O–H groups in total. The normalized spacial score (nSPS) is 12.8. The van der Waals surface area contributed by atoms with Gasteiger partial charge in [0, 0.05) is 0 Å². The maximum absolute atomic E-state index is 9.97. The number of rotatable bonds is 4. The average molecular weight is 198 g/mol. The number of aliphatic hydroxyl groups is 1. The molecule has 0 saturated carbocycles. The van der Waals surface area contributed by atoms with Crippen molar-refractivity contribution in [3.8, 4) is 0 Å². The average Bonchev–Trinajstić information content (AvgIpc) is 2.03. The third-order valence-electron chi connectivity index (χ3n) is 1.30. The highest BCUT2D eigenvalue weighted by Crippen LogP contribution is 2.08. The molecule has 0 aliphatic heterocycles. The van der Waals surface area contributed by atoms with Gasteiger partial charge in [-0.2, -0.15) is 0 Å². The number of allylic oxidation sites excluding steroid dienone is 2. The first-order valence-electron chi connectivity index (χ1n) is 4.11. The molecule has 0 rings (SSSR count). The van der Waals surface area contributed by atoms with Crippen LogP contribution in [0.2, 0.25) is 0 Å². The van der Waals surface area contributed by atoms with Crippen LogP contribution in [-0.4, -0.2) is 21.8 Å². The van der Waals surface area contributed by atoms with Gasteiger partial charge in [-0.25, -0.2) is 0 Å². The molecule has 14 heavy (non-hydrogen) atoms. The van der Waals surface area contributed by atoms with E-state index >= 15 is 0 Å². The van der Waals surface area contributed by atoms with Gasteiger partial charge in [0.15, 0.2) is 0 Å². The minimum absolute atomic E-state index is 0.295. The molecule has 0 bridgehead atoms. The maximum atomic E-state index is 9.97. The summed E-state index contributed by atoms with van der Waals surface area (Å²) in [7, 11) is 0. The molecule has 0 aromatic heterocycles. The predicted octanol–water partition coefficient (Wildman–Crippen LogP) is 2.15. The van der Waals surface area contributed by atoms with Crippen LogP contribution in [0.4, 0.5) is 0 Å². The monoisotopic (exact) mass is 198 g/mol. The molecule has 0 heterocycles. The molecule has 0 amide bonds. The second kappa shape index (κ2) is 7.09. The molecule has 1 atom stereocenters. The van der Waals surface area contributed by atoms with Crippen LogP contribution in [0.25, 0.3) is 0 Å². The van der Waals surface area contributed by atoms with Gasteiger partial charge >= 0.3 is 5.97 Å². The molecule has 0 spiro atoms. The standard InChI is InChI=1S/C6H10O3.C5H8/c1-3-6(2,9)4-5(7)8;1-4-5(2)3/h3,9H,1,4H2,2H3,(H,7,8);4H,1-2H2,3H3. The molecule has 0 saturated heterocycles. The highest BCUT2D eigenvalue weighted by atomic mass is 16.4. The molecular formula is C11H18O3. The van der Waals surface area contributed by atoms with Crippen molar-refractivity contribution in [2.75, 3.05) is 0 Å². The third-order valence-corrected chi connectivity index (χ3v) is 1.30. The zero-order valence-electron chi connectivity index (χ0n) is 8.79. The molecule has 80 valence electrons. The van der Waals surface area contributed by atoms with Crippen molar-refractivity contribution in [2.24, 2.45) is 0 Å². The fourth-order valence-electron chi connectivity index (χ4n) is 0.378. The number of hydrogen-bond donors (Lipinski definition) is 2. The van der Waals surface area contributed by atoms with Gasteiger partial charge < -0.3 is 10.2 Å². The Labute approximate surface area is 85.1 Å². The van der Waals surface area contributed by atoms with Crippen LogP contribution in [0.5, 0.6) is 0 Å². The number of carbonyl (C=O) groups is 1. The van der Waals surface area contributed by atoms with E-state index in [0.29, 0.717) is 0 Å². The Hall–Kier alpha value is -1.35. The second-order valence-electron chi connectivity index (χ2n) is 3.18. The minimum Gasteiger partial charge on any atom is -0.481 e. The highest BCUT2D eigenvalue weighted by Gasteiger charge is 2.18. The van der Waals surface area contributed by atoms with E-state index in [1.54, 1.807) is 6.08 Å². The van der Waals surface area contributed by atoms with Crippen LogP contribution in [0.15, 0.2) is 37.5 Å². The lowest BCUT2D eigenvalue weighted by molar-refractivity contribution is -0.140.